The SMILES string of the molecule is O=C(c1nn2ccccc2c1Cl)N1CCCC1. The number of rotatable bonds is 1. The summed E-state index contributed by atoms with van der Waals surface area (Å²) in [4.78, 5) is 14.0. The van der Waals surface area contributed by atoms with Crippen LogP contribution in [0.5, 0.6) is 0 Å². The first-order chi connectivity index (χ1) is 8.27. The van der Waals surface area contributed by atoms with E-state index in [4.69, 9.17) is 11.6 Å². The first-order valence-corrected chi connectivity index (χ1v) is 6.07. The van der Waals surface area contributed by atoms with Crippen LogP contribution < -0.4 is 0 Å². The van der Waals surface area contributed by atoms with Crippen LogP contribution in [0.3, 0.4) is 0 Å². The van der Waals surface area contributed by atoms with Crippen molar-refractivity contribution in [3.63, 3.8) is 0 Å². The predicted octanol–water partition coefficient (Wildman–Crippen LogP) is 2.22. The summed E-state index contributed by atoms with van der Waals surface area (Å²) >= 11 is 6.20. The molecule has 0 spiro atoms. The molecule has 0 saturated carbocycles. The average Bonchev–Trinajstić information content (AvgIpc) is 2.97. The maximum Gasteiger partial charge on any atom is 0.275 e. The van der Waals surface area contributed by atoms with Gasteiger partial charge in [0, 0.05) is 19.3 Å². The Hall–Kier alpha value is -1.55. The second-order valence-electron chi connectivity index (χ2n) is 4.19. The van der Waals surface area contributed by atoms with Gasteiger partial charge in [0.2, 0.25) is 0 Å². The summed E-state index contributed by atoms with van der Waals surface area (Å²) in [5, 5.41) is 4.70. The molecule has 1 fully saturated rings. The standard InChI is InChI=1S/C12H12ClN3O/c13-10-9-5-1-2-8-16(9)14-11(10)12(17)15-6-3-4-7-15/h1-2,5,8H,3-4,6-7H2. The number of carbonyl (C=O) groups is 1. The van der Waals surface area contributed by atoms with E-state index >= 15 is 0 Å². The van der Waals surface area contributed by atoms with Crippen molar-refractivity contribution < 1.29 is 4.79 Å². The van der Waals surface area contributed by atoms with Crippen molar-refractivity contribution >= 4 is 23.0 Å². The third kappa shape index (κ3) is 1.69. The molecule has 2 aromatic rings. The van der Waals surface area contributed by atoms with E-state index in [1.165, 1.54) is 0 Å². The molecular formula is C12H12ClN3O. The molecule has 88 valence electrons. The Balaban J connectivity index is 2.05. The molecular weight excluding hydrogens is 238 g/mol. The highest BCUT2D eigenvalue weighted by atomic mass is 35.5. The van der Waals surface area contributed by atoms with Gasteiger partial charge in [-0.05, 0) is 25.0 Å². The van der Waals surface area contributed by atoms with Gasteiger partial charge in [-0.25, -0.2) is 4.52 Å². The molecule has 3 rings (SSSR count). The van der Waals surface area contributed by atoms with Crippen LogP contribution in [-0.4, -0.2) is 33.5 Å². The van der Waals surface area contributed by atoms with Gasteiger partial charge in [-0.1, -0.05) is 17.7 Å². The second kappa shape index (κ2) is 4.04. The molecule has 1 saturated heterocycles. The molecule has 1 aliphatic heterocycles. The fourth-order valence-corrected chi connectivity index (χ4v) is 2.44. The molecule has 0 bridgehead atoms. The molecule has 3 heterocycles. The fraction of sp³-hybridized carbons (Fsp3) is 0.333. The van der Waals surface area contributed by atoms with Crippen molar-refractivity contribution in [3.8, 4) is 0 Å². The maximum atomic E-state index is 12.2. The number of nitrogens with zero attached hydrogens (tertiary/aromatic N) is 3. The van der Waals surface area contributed by atoms with Crippen LogP contribution in [0.15, 0.2) is 24.4 Å². The minimum absolute atomic E-state index is 0.0591. The van der Waals surface area contributed by atoms with Crippen LogP contribution in [0, 0.1) is 0 Å². The van der Waals surface area contributed by atoms with Crippen molar-refractivity contribution in [1.29, 1.82) is 0 Å². The average molecular weight is 250 g/mol. The molecule has 0 atom stereocenters. The number of halogens is 1. The Morgan fingerprint density at radius 2 is 2.06 bits per heavy atom. The zero-order valence-electron chi connectivity index (χ0n) is 9.27. The first kappa shape index (κ1) is 10.6. The number of amides is 1. The van der Waals surface area contributed by atoms with Crippen LogP contribution in [0.1, 0.15) is 23.3 Å². The quantitative estimate of drug-likeness (QED) is 0.777. The fourth-order valence-electron chi connectivity index (χ4n) is 2.18. The van der Waals surface area contributed by atoms with Gasteiger partial charge in [-0.3, -0.25) is 4.79 Å². The van der Waals surface area contributed by atoms with Crippen LogP contribution in [0.4, 0.5) is 0 Å². The van der Waals surface area contributed by atoms with Gasteiger partial charge in [0.1, 0.15) is 0 Å². The minimum Gasteiger partial charge on any atom is -0.337 e. The summed E-state index contributed by atoms with van der Waals surface area (Å²) < 4.78 is 1.64. The van der Waals surface area contributed by atoms with E-state index in [0.29, 0.717) is 10.7 Å². The van der Waals surface area contributed by atoms with Crippen molar-refractivity contribution in [3.05, 3.63) is 35.1 Å². The lowest BCUT2D eigenvalue weighted by molar-refractivity contribution is 0.0787. The zero-order valence-corrected chi connectivity index (χ0v) is 10.0. The van der Waals surface area contributed by atoms with Gasteiger partial charge >= 0.3 is 0 Å². The molecule has 5 heteroatoms. The number of likely N-dealkylation sites (tertiary alicyclic amines) is 1. The van der Waals surface area contributed by atoms with E-state index in [1.54, 1.807) is 10.7 Å². The summed E-state index contributed by atoms with van der Waals surface area (Å²) in [5.41, 5.74) is 1.14. The van der Waals surface area contributed by atoms with Gasteiger partial charge in [0.25, 0.3) is 5.91 Å². The Labute approximate surface area is 104 Å². The Morgan fingerprint density at radius 1 is 1.29 bits per heavy atom. The van der Waals surface area contributed by atoms with E-state index in [2.05, 4.69) is 5.10 Å². The molecule has 0 aliphatic carbocycles. The van der Waals surface area contributed by atoms with Crippen LogP contribution in [-0.2, 0) is 0 Å². The molecule has 0 unspecified atom stereocenters. The first-order valence-electron chi connectivity index (χ1n) is 5.69. The summed E-state index contributed by atoms with van der Waals surface area (Å²) in [7, 11) is 0. The number of aromatic nitrogens is 2. The maximum absolute atomic E-state index is 12.2. The van der Waals surface area contributed by atoms with Crippen molar-refractivity contribution in [1.82, 2.24) is 14.5 Å². The lowest BCUT2D eigenvalue weighted by Crippen LogP contribution is -2.28. The third-order valence-electron chi connectivity index (χ3n) is 3.08. The zero-order chi connectivity index (χ0) is 11.8. The molecule has 4 nitrogen and oxygen atoms in total. The van der Waals surface area contributed by atoms with Crippen molar-refractivity contribution in [2.24, 2.45) is 0 Å². The Morgan fingerprint density at radius 3 is 2.76 bits per heavy atom. The number of hydrogen-bond donors (Lipinski definition) is 0. The van der Waals surface area contributed by atoms with Gasteiger partial charge in [-0.15, -0.1) is 0 Å². The van der Waals surface area contributed by atoms with Crippen LogP contribution in [0.2, 0.25) is 5.02 Å². The molecule has 0 N–H and O–H groups in total. The molecule has 0 radical (unpaired) electrons. The Kier molecular flexibility index (Phi) is 2.52. The minimum atomic E-state index is -0.0591. The van der Waals surface area contributed by atoms with E-state index in [1.807, 2.05) is 23.1 Å². The summed E-state index contributed by atoms with van der Waals surface area (Å²) in [5.74, 6) is -0.0591. The number of pyridine rings is 1. The van der Waals surface area contributed by atoms with Gasteiger partial charge in [0.05, 0.1) is 10.5 Å². The van der Waals surface area contributed by atoms with Gasteiger partial charge in [0.15, 0.2) is 5.69 Å². The van der Waals surface area contributed by atoms with Crippen LogP contribution in [0.25, 0.3) is 5.52 Å². The highest BCUT2D eigenvalue weighted by Gasteiger charge is 2.25. The molecule has 2 aromatic heterocycles. The second-order valence-corrected chi connectivity index (χ2v) is 4.57. The van der Waals surface area contributed by atoms with Gasteiger partial charge in [-0.2, -0.15) is 5.10 Å². The van der Waals surface area contributed by atoms with Crippen molar-refractivity contribution in [2.75, 3.05) is 13.1 Å². The highest BCUT2D eigenvalue weighted by Crippen LogP contribution is 2.24. The summed E-state index contributed by atoms with van der Waals surface area (Å²) in [6.07, 6.45) is 3.93. The lowest BCUT2D eigenvalue weighted by atomic mass is 10.3. The molecule has 17 heavy (non-hydrogen) atoms. The van der Waals surface area contributed by atoms with E-state index in [0.717, 1.165) is 31.4 Å². The number of fused-ring (bicyclic) bond motifs is 1. The molecule has 0 aromatic carbocycles. The predicted molar refractivity (Wildman–Crippen MR) is 65.3 cm³/mol. The third-order valence-corrected chi connectivity index (χ3v) is 3.45. The monoisotopic (exact) mass is 249 g/mol. The Bertz CT molecular complexity index is 572. The lowest BCUT2D eigenvalue weighted by Gasteiger charge is -2.13. The molecule has 1 amide bonds. The summed E-state index contributed by atoms with van der Waals surface area (Å²) in [6.45, 7) is 1.62. The number of hydrogen-bond acceptors (Lipinski definition) is 2. The normalized spacial score (nSPS) is 15.7. The summed E-state index contributed by atoms with van der Waals surface area (Å²) in [6, 6.07) is 5.60. The van der Waals surface area contributed by atoms with Crippen LogP contribution >= 0.6 is 11.6 Å². The highest BCUT2D eigenvalue weighted by molar-refractivity contribution is 6.36. The smallest absolute Gasteiger partial charge is 0.275 e. The van der Waals surface area contributed by atoms with E-state index in [-0.39, 0.29) is 5.91 Å². The van der Waals surface area contributed by atoms with Gasteiger partial charge < -0.3 is 4.90 Å². The number of carbonyl (C=O) groups excluding carboxylic acids is 1. The topological polar surface area (TPSA) is 37.6 Å². The largest absolute Gasteiger partial charge is 0.337 e. The van der Waals surface area contributed by atoms with Crippen molar-refractivity contribution in [2.45, 2.75) is 12.8 Å². The van der Waals surface area contributed by atoms with E-state index in [9.17, 15) is 4.79 Å². The van der Waals surface area contributed by atoms with E-state index < -0.39 is 0 Å². The molecule has 1 aliphatic rings.